The molecule has 2 rings (SSSR count). The van der Waals surface area contributed by atoms with Crippen LogP contribution in [0.15, 0.2) is 10.6 Å². The van der Waals surface area contributed by atoms with Crippen LogP contribution in [0.25, 0.3) is 0 Å². The second-order valence-corrected chi connectivity index (χ2v) is 7.18. The number of nitrogens with zero attached hydrogens (tertiary/aromatic N) is 1. The molecule has 0 aromatic carbocycles. The summed E-state index contributed by atoms with van der Waals surface area (Å²) in [5.41, 5.74) is 0. The Morgan fingerprint density at radius 3 is 2.83 bits per heavy atom. The van der Waals surface area contributed by atoms with Gasteiger partial charge in [-0.05, 0) is 25.8 Å². The SMILES string of the molecule is CNCCc1cnc(CC2CCS(=O)(=O)CC2)o1. The molecule has 0 saturated carbocycles. The van der Waals surface area contributed by atoms with Gasteiger partial charge in [-0.2, -0.15) is 0 Å². The van der Waals surface area contributed by atoms with Gasteiger partial charge in [-0.25, -0.2) is 13.4 Å². The molecule has 1 fully saturated rings. The van der Waals surface area contributed by atoms with Crippen LogP contribution < -0.4 is 5.32 Å². The van der Waals surface area contributed by atoms with Gasteiger partial charge in [0, 0.05) is 19.4 Å². The minimum Gasteiger partial charge on any atom is -0.446 e. The van der Waals surface area contributed by atoms with Crippen LogP contribution in [0.5, 0.6) is 0 Å². The number of hydrogen-bond acceptors (Lipinski definition) is 5. The van der Waals surface area contributed by atoms with Gasteiger partial charge in [0.25, 0.3) is 0 Å². The Morgan fingerprint density at radius 1 is 1.44 bits per heavy atom. The van der Waals surface area contributed by atoms with Crippen LogP contribution in [0.3, 0.4) is 0 Å². The second kappa shape index (κ2) is 5.84. The van der Waals surface area contributed by atoms with E-state index in [9.17, 15) is 8.42 Å². The van der Waals surface area contributed by atoms with E-state index in [4.69, 9.17) is 4.42 Å². The fraction of sp³-hybridized carbons (Fsp3) is 0.750. The van der Waals surface area contributed by atoms with Gasteiger partial charge in [-0.3, -0.25) is 0 Å². The Bertz CT molecular complexity index is 467. The van der Waals surface area contributed by atoms with E-state index in [-0.39, 0.29) is 0 Å². The molecule has 1 aliphatic heterocycles. The van der Waals surface area contributed by atoms with Crippen molar-refractivity contribution >= 4 is 9.84 Å². The topological polar surface area (TPSA) is 72.2 Å². The van der Waals surface area contributed by atoms with Crippen LogP contribution in [0.1, 0.15) is 24.5 Å². The van der Waals surface area contributed by atoms with Crippen molar-refractivity contribution < 1.29 is 12.8 Å². The second-order valence-electron chi connectivity index (χ2n) is 4.87. The number of hydrogen-bond donors (Lipinski definition) is 1. The Morgan fingerprint density at radius 2 is 2.17 bits per heavy atom. The molecule has 1 aromatic rings. The van der Waals surface area contributed by atoms with Crippen molar-refractivity contribution in [3.05, 3.63) is 17.8 Å². The quantitative estimate of drug-likeness (QED) is 0.858. The molecule has 0 bridgehead atoms. The monoisotopic (exact) mass is 272 g/mol. The van der Waals surface area contributed by atoms with Crippen molar-refractivity contribution in [2.75, 3.05) is 25.1 Å². The number of rotatable bonds is 5. The summed E-state index contributed by atoms with van der Waals surface area (Å²) in [6.45, 7) is 0.871. The molecule has 0 unspecified atom stereocenters. The molecule has 1 aliphatic rings. The summed E-state index contributed by atoms with van der Waals surface area (Å²) in [6, 6.07) is 0. The first kappa shape index (κ1) is 13.5. The average Bonchev–Trinajstić information content (AvgIpc) is 2.77. The molecule has 1 saturated heterocycles. The highest BCUT2D eigenvalue weighted by Gasteiger charge is 2.24. The van der Waals surface area contributed by atoms with Gasteiger partial charge >= 0.3 is 0 Å². The Labute approximate surface area is 108 Å². The van der Waals surface area contributed by atoms with Crippen LogP contribution in [-0.4, -0.2) is 38.5 Å². The van der Waals surface area contributed by atoms with Gasteiger partial charge in [0.1, 0.15) is 15.6 Å². The zero-order valence-electron chi connectivity index (χ0n) is 10.7. The van der Waals surface area contributed by atoms with E-state index in [0.717, 1.165) is 43.9 Å². The molecule has 0 atom stereocenters. The van der Waals surface area contributed by atoms with Gasteiger partial charge in [-0.15, -0.1) is 0 Å². The number of aromatic nitrogens is 1. The minimum absolute atomic E-state index is 0.311. The lowest BCUT2D eigenvalue weighted by molar-refractivity contribution is 0.385. The van der Waals surface area contributed by atoms with Crippen LogP contribution in [0.2, 0.25) is 0 Å². The van der Waals surface area contributed by atoms with E-state index in [1.165, 1.54) is 0 Å². The molecule has 102 valence electrons. The number of oxazole rings is 1. The Kier molecular flexibility index (Phi) is 4.40. The zero-order valence-corrected chi connectivity index (χ0v) is 11.5. The molecule has 5 nitrogen and oxygen atoms in total. The summed E-state index contributed by atoms with van der Waals surface area (Å²) >= 11 is 0. The summed E-state index contributed by atoms with van der Waals surface area (Å²) in [6.07, 6.45) is 4.83. The number of likely N-dealkylation sites (N-methyl/N-ethyl adjacent to an activating group) is 1. The Balaban J connectivity index is 1.84. The maximum absolute atomic E-state index is 11.3. The van der Waals surface area contributed by atoms with Crippen molar-refractivity contribution in [2.45, 2.75) is 25.7 Å². The molecule has 1 N–H and O–H groups in total. The molecule has 6 heteroatoms. The molecule has 0 amide bonds. The summed E-state index contributed by atoms with van der Waals surface area (Å²) in [5, 5.41) is 3.06. The van der Waals surface area contributed by atoms with Gasteiger partial charge in [0.2, 0.25) is 0 Å². The van der Waals surface area contributed by atoms with E-state index in [2.05, 4.69) is 10.3 Å². The lowest BCUT2D eigenvalue weighted by Crippen LogP contribution is -2.24. The fourth-order valence-electron chi connectivity index (χ4n) is 2.20. The van der Waals surface area contributed by atoms with Crippen LogP contribution >= 0.6 is 0 Å². The van der Waals surface area contributed by atoms with E-state index >= 15 is 0 Å². The van der Waals surface area contributed by atoms with E-state index < -0.39 is 9.84 Å². The minimum atomic E-state index is -2.77. The molecule has 1 aromatic heterocycles. The number of nitrogens with one attached hydrogen (secondary N) is 1. The van der Waals surface area contributed by atoms with Crippen LogP contribution in [-0.2, 0) is 22.7 Å². The maximum atomic E-state index is 11.3. The number of sulfone groups is 1. The first-order valence-electron chi connectivity index (χ1n) is 6.37. The third-order valence-electron chi connectivity index (χ3n) is 3.36. The van der Waals surface area contributed by atoms with E-state index in [1.807, 2.05) is 7.05 Å². The van der Waals surface area contributed by atoms with Crippen molar-refractivity contribution in [1.82, 2.24) is 10.3 Å². The molecule has 2 heterocycles. The molecule has 18 heavy (non-hydrogen) atoms. The highest BCUT2D eigenvalue weighted by Crippen LogP contribution is 2.22. The first-order chi connectivity index (χ1) is 8.59. The van der Waals surface area contributed by atoms with Crippen LogP contribution in [0, 0.1) is 5.92 Å². The lowest BCUT2D eigenvalue weighted by Gasteiger charge is -2.20. The third kappa shape index (κ3) is 3.81. The van der Waals surface area contributed by atoms with Crippen LogP contribution in [0.4, 0.5) is 0 Å². The van der Waals surface area contributed by atoms with Crippen molar-refractivity contribution in [1.29, 1.82) is 0 Å². The van der Waals surface area contributed by atoms with Gasteiger partial charge < -0.3 is 9.73 Å². The fourth-order valence-corrected chi connectivity index (χ4v) is 3.79. The highest BCUT2D eigenvalue weighted by molar-refractivity contribution is 7.91. The molecule has 0 radical (unpaired) electrons. The summed E-state index contributed by atoms with van der Waals surface area (Å²) in [5.74, 6) is 2.65. The Hall–Kier alpha value is -0.880. The normalized spacial score (nSPS) is 20.1. The lowest BCUT2D eigenvalue weighted by atomic mass is 9.99. The average molecular weight is 272 g/mol. The molecule has 0 aliphatic carbocycles. The van der Waals surface area contributed by atoms with Gasteiger partial charge in [-0.1, -0.05) is 0 Å². The van der Waals surface area contributed by atoms with E-state index in [0.29, 0.717) is 17.4 Å². The summed E-state index contributed by atoms with van der Waals surface area (Å²) in [7, 11) is -0.872. The van der Waals surface area contributed by atoms with E-state index in [1.54, 1.807) is 6.20 Å². The largest absolute Gasteiger partial charge is 0.446 e. The summed E-state index contributed by atoms with van der Waals surface area (Å²) in [4.78, 5) is 4.26. The highest BCUT2D eigenvalue weighted by atomic mass is 32.2. The van der Waals surface area contributed by atoms with Crippen molar-refractivity contribution in [3.63, 3.8) is 0 Å². The molecular weight excluding hydrogens is 252 g/mol. The third-order valence-corrected chi connectivity index (χ3v) is 5.08. The van der Waals surface area contributed by atoms with Gasteiger partial charge in [0.05, 0.1) is 17.7 Å². The van der Waals surface area contributed by atoms with Crippen molar-refractivity contribution in [2.24, 2.45) is 5.92 Å². The first-order valence-corrected chi connectivity index (χ1v) is 8.20. The molecule has 0 spiro atoms. The summed E-state index contributed by atoms with van der Waals surface area (Å²) < 4.78 is 28.3. The smallest absolute Gasteiger partial charge is 0.194 e. The zero-order chi connectivity index (χ0) is 13.0. The molecular formula is C12H20N2O3S. The predicted molar refractivity (Wildman–Crippen MR) is 69.2 cm³/mol. The maximum Gasteiger partial charge on any atom is 0.194 e. The van der Waals surface area contributed by atoms with Crippen molar-refractivity contribution in [3.8, 4) is 0 Å². The predicted octanol–water partition coefficient (Wildman–Crippen LogP) is 0.804. The standard InChI is InChI=1S/C12H20N2O3S/c1-13-5-2-11-9-14-12(17-11)8-10-3-6-18(15,16)7-4-10/h9-10,13H,2-8H2,1H3. The van der Waals surface area contributed by atoms with Gasteiger partial charge in [0.15, 0.2) is 5.89 Å².